The summed E-state index contributed by atoms with van der Waals surface area (Å²) in [6, 6.07) is 0. The number of carboxylic acids is 1. The highest BCUT2D eigenvalue weighted by Crippen LogP contribution is 2.18. The predicted molar refractivity (Wildman–Crippen MR) is 167 cm³/mol. The number of unbranched alkanes of at least 4 members (excludes halogenated alkanes) is 20. The quantitative estimate of drug-likeness (QED) is 0.0529. The number of aliphatic carboxylic acids is 1. The van der Waals surface area contributed by atoms with Crippen LogP contribution in [0, 0.1) is 0 Å². The summed E-state index contributed by atoms with van der Waals surface area (Å²) >= 11 is 0. The molecule has 0 aromatic heterocycles. The van der Waals surface area contributed by atoms with Crippen molar-refractivity contribution in [1.82, 2.24) is 0 Å². The molecule has 0 aliphatic heterocycles. The van der Waals surface area contributed by atoms with Crippen LogP contribution >= 0.6 is 0 Å². The monoisotopic (exact) mass is 550 g/mol. The minimum absolute atomic E-state index is 0.00925. The van der Waals surface area contributed by atoms with Crippen LogP contribution in [-0.4, -0.2) is 23.1 Å². The van der Waals surface area contributed by atoms with Crippen molar-refractivity contribution in [2.24, 2.45) is 0 Å². The van der Waals surface area contributed by atoms with Crippen LogP contribution < -0.4 is 0 Å². The summed E-state index contributed by atoms with van der Waals surface area (Å²) < 4.78 is 5.84. The Bertz CT molecular complexity index is 557. The topological polar surface area (TPSA) is 63.6 Å². The number of hydrogen-bond donors (Lipinski definition) is 1. The Labute approximate surface area is 243 Å². The molecule has 0 saturated heterocycles. The highest BCUT2D eigenvalue weighted by Gasteiger charge is 2.14. The second kappa shape index (κ2) is 31.2. The first-order valence-corrected chi connectivity index (χ1v) is 17.2. The van der Waals surface area contributed by atoms with Gasteiger partial charge in [-0.25, -0.2) is 0 Å². The number of ether oxygens (including phenoxy) is 1. The predicted octanol–water partition coefficient (Wildman–Crippen LogP) is 11.5. The fourth-order valence-corrected chi connectivity index (χ4v) is 5.18. The number of allylic oxidation sites excluding steroid dienone is 2. The molecule has 0 fully saturated rings. The Balaban J connectivity index is 3.66. The molecule has 1 unspecified atom stereocenters. The lowest BCUT2D eigenvalue weighted by atomic mass is 10.0. The zero-order valence-electron chi connectivity index (χ0n) is 26.2. The summed E-state index contributed by atoms with van der Waals surface area (Å²) in [5.74, 6) is -0.767. The molecule has 0 bridgehead atoms. The zero-order valence-corrected chi connectivity index (χ0v) is 26.2. The third-order valence-electron chi connectivity index (χ3n) is 7.74. The molecule has 39 heavy (non-hydrogen) atoms. The van der Waals surface area contributed by atoms with Gasteiger partial charge in [0.1, 0.15) is 6.10 Å². The van der Waals surface area contributed by atoms with Crippen molar-refractivity contribution in [3.05, 3.63) is 12.2 Å². The Morgan fingerprint density at radius 1 is 0.538 bits per heavy atom. The van der Waals surface area contributed by atoms with Crippen molar-refractivity contribution in [2.45, 2.75) is 200 Å². The normalized spacial score (nSPS) is 12.3. The second-order valence-electron chi connectivity index (χ2n) is 11.7. The maximum Gasteiger partial charge on any atom is 0.306 e. The fraction of sp³-hybridized carbons (Fsp3) is 0.886. The van der Waals surface area contributed by atoms with Crippen LogP contribution in [0.5, 0.6) is 0 Å². The highest BCUT2D eigenvalue weighted by molar-refractivity contribution is 5.69. The summed E-state index contributed by atoms with van der Waals surface area (Å²) in [6.07, 6.45) is 36.7. The van der Waals surface area contributed by atoms with Crippen LogP contribution in [0.25, 0.3) is 0 Å². The molecule has 4 nitrogen and oxygen atoms in total. The highest BCUT2D eigenvalue weighted by atomic mass is 16.5. The first-order valence-electron chi connectivity index (χ1n) is 17.2. The fourth-order valence-electron chi connectivity index (χ4n) is 5.18. The van der Waals surface area contributed by atoms with E-state index in [1.165, 1.54) is 116 Å². The molecule has 0 saturated carbocycles. The van der Waals surface area contributed by atoms with Gasteiger partial charge in [0.15, 0.2) is 0 Å². The van der Waals surface area contributed by atoms with E-state index < -0.39 is 5.97 Å². The van der Waals surface area contributed by atoms with Gasteiger partial charge in [-0.05, 0) is 64.2 Å². The van der Waals surface area contributed by atoms with Gasteiger partial charge in [-0.15, -0.1) is 0 Å². The van der Waals surface area contributed by atoms with Gasteiger partial charge in [-0.2, -0.15) is 0 Å². The number of carboxylic acid groups (broad SMARTS) is 1. The number of carbonyl (C=O) groups excluding carboxylic acids is 1. The first-order chi connectivity index (χ1) is 19.1. The number of hydrogen-bond acceptors (Lipinski definition) is 3. The molecule has 0 aliphatic rings. The van der Waals surface area contributed by atoms with Gasteiger partial charge < -0.3 is 9.84 Å². The van der Waals surface area contributed by atoms with Crippen LogP contribution in [0.15, 0.2) is 12.2 Å². The number of carbonyl (C=O) groups is 2. The van der Waals surface area contributed by atoms with Crippen molar-refractivity contribution in [3.8, 4) is 0 Å². The summed E-state index contributed by atoms with van der Waals surface area (Å²) in [4.78, 5) is 23.1. The van der Waals surface area contributed by atoms with Gasteiger partial charge in [-0.3, -0.25) is 9.59 Å². The second-order valence-corrected chi connectivity index (χ2v) is 11.7. The van der Waals surface area contributed by atoms with Crippen LogP contribution in [0.3, 0.4) is 0 Å². The van der Waals surface area contributed by atoms with E-state index >= 15 is 0 Å². The summed E-state index contributed by atoms with van der Waals surface area (Å²) in [5, 5.41) is 8.79. The summed E-state index contributed by atoms with van der Waals surface area (Å²) in [5.41, 5.74) is 0. The van der Waals surface area contributed by atoms with E-state index in [1.807, 2.05) is 0 Å². The molecule has 0 rings (SSSR count). The number of rotatable bonds is 31. The molecule has 0 amide bonds. The van der Waals surface area contributed by atoms with E-state index in [9.17, 15) is 9.59 Å². The van der Waals surface area contributed by atoms with Crippen molar-refractivity contribution >= 4 is 11.9 Å². The van der Waals surface area contributed by atoms with Crippen molar-refractivity contribution in [2.75, 3.05) is 0 Å². The van der Waals surface area contributed by atoms with E-state index in [4.69, 9.17) is 9.84 Å². The van der Waals surface area contributed by atoms with Gasteiger partial charge in [0.05, 0.1) is 0 Å². The lowest BCUT2D eigenvalue weighted by molar-refractivity contribution is -0.150. The molecule has 1 N–H and O–H groups in total. The largest absolute Gasteiger partial charge is 0.481 e. The Hall–Kier alpha value is -1.32. The van der Waals surface area contributed by atoms with Crippen LogP contribution in [-0.2, 0) is 14.3 Å². The van der Waals surface area contributed by atoms with E-state index in [1.54, 1.807) is 0 Å². The molecule has 0 aromatic rings. The Morgan fingerprint density at radius 3 is 1.41 bits per heavy atom. The van der Waals surface area contributed by atoms with Crippen molar-refractivity contribution in [1.29, 1.82) is 0 Å². The molecule has 0 spiro atoms. The van der Waals surface area contributed by atoms with Gasteiger partial charge in [0.2, 0.25) is 0 Å². The molecule has 4 heteroatoms. The summed E-state index contributed by atoms with van der Waals surface area (Å²) in [7, 11) is 0. The molecule has 230 valence electrons. The molecule has 0 radical (unpaired) electrons. The third-order valence-corrected chi connectivity index (χ3v) is 7.74. The average Bonchev–Trinajstić information content (AvgIpc) is 2.91. The van der Waals surface area contributed by atoms with Gasteiger partial charge in [0, 0.05) is 12.8 Å². The zero-order chi connectivity index (χ0) is 28.7. The maximum absolute atomic E-state index is 12.4. The molecule has 0 aromatic carbocycles. The molecule has 1 atom stereocenters. The Morgan fingerprint density at radius 2 is 0.923 bits per heavy atom. The average molecular weight is 551 g/mol. The molecule has 0 aliphatic carbocycles. The molecular formula is C35H66O4. The van der Waals surface area contributed by atoms with E-state index in [-0.39, 0.29) is 18.5 Å². The molecule has 0 heterocycles. The SMILES string of the molecule is CCCCCCCC/C=C\CCCCCCCCCCCC(=O)OC(CCCCCC)CCCCCC(=O)O. The van der Waals surface area contributed by atoms with Crippen LogP contribution in [0.2, 0.25) is 0 Å². The summed E-state index contributed by atoms with van der Waals surface area (Å²) in [6.45, 7) is 4.48. The van der Waals surface area contributed by atoms with E-state index in [0.29, 0.717) is 12.8 Å². The van der Waals surface area contributed by atoms with Gasteiger partial charge in [0.25, 0.3) is 0 Å². The smallest absolute Gasteiger partial charge is 0.306 e. The van der Waals surface area contributed by atoms with Crippen molar-refractivity contribution in [3.63, 3.8) is 0 Å². The Kier molecular flexibility index (Phi) is 30.2. The minimum atomic E-state index is -0.727. The van der Waals surface area contributed by atoms with Crippen LogP contribution in [0.4, 0.5) is 0 Å². The van der Waals surface area contributed by atoms with Gasteiger partial charge >= 0.3 is 11.9 Å². The lowest BCUT2D eigenvalue weighted by Crippen LogP contribution is -2.18. The van der Waals surface area contributed by atoms with Gasteiger partial charge in [-0.1, -0.05) is 129 Å². The standard InChI is InChI=1S/C35H66O4/c1-3-5-7-9-10-11-12-13-14-15-16-17-18-19-20-21-22-23-28-32-35(38)39-33(29-25-8-6-4-2)30-26-24-27-31-34(36)37/h13-14,33H,3-12,15-32H2,1-2H3,(H,36,37)/b14-13-. The molecular weight excluding hydrogens is 484 g/mol. The first kappa shape index (κ1) is 37.7. The van der Waals surface area contributed by atoms with E-state index in [0.717, 1.165) is 44.9 Å². The minimum Gasteiger partial charge on any atom is -0.481 e. The number of esters is 1. The third kappa shape index (κ3) is 31.1. The van der Waals surface area contributed by atoms with E-state index in [2.05, 4.69) is 26.0 Å². The lowest BCUT2D eigenvalue weighted by Gasteiger charge is -2.18. The van der Waals surface area contributed by atoms with Crippen LogP contribution in [0.1, 0.15) is 194 Å². The van der Waals surface area contributed by atoms with Crippen molar-refractivity contribution < 1.29 is 19.4 Å². The maximum atomic E-state index is 12.4.